The number of amides is 1. The largest absolute Gasteiger partial charge is 0.377 e. The summed E-state index contributed by atoms with van der Waals surface area (Å²) in [6.45, 7) is 6.04. The number of nitrogens with zero attached hydrogens (tertiary/aromatic N) is 1. The van der Waals surface area contributed by atoms with Crippen molar-refractivity contribution in [2.75, 3.05) is 30.9 Å². The Balaban J connectivity index is 2.93. The van der Waals surface area contributed by atoms with E-state index in [1.54, 1.807) is 0 Å². The Morgan fingerprint density at radius 3 is 2.50 bits per heavy atom. The summed E-state index contributed by atoms with van der Waals surface area (Å²) in [4.78, 5) is 14.1. The highest BCUT2D eigenvalue weighted by Gasteiger charge is 2.25. The third-order valence-corrected chi connectivity index (χ3v) is 3.07. The van der Waals surface area contributed by atoms with Gasteiger partial charge < -0.3 is 16.0 Å². The molecule has 18 heavy (non-hydrogen) atoms. The second-order valence-electron chi connectivity index (χ2n) is 5.44. The van der Waals surface area contributed by atoms with Crippen LogP contribution in [-0.4, -0.2) is 26.5 Å². The van der Waals surface area contributed by atoms with Crippen molar-refractivity contribution >= 4 is 17.3 Å². The number of nitrogens with two attached hydrogens (primary N) is 1. The Bertz CT molecular complexity index is 439. The van der Waals surface area contributed by atoms with E-state index in [1.807, 2.05) is 58.0 Å². The van der Waals surface area contributed by atoms with Crippen molar-refractivity contribution in [3.05, 3.63) is 23.8 Å². The van der Waals surface area contributed by atoms with Gasteiger partial charge in [-0.25, -0.2) is 0 Å². The molecule has 0 saturated heterocycles. The Labute approximate surface area is 109 Å². The van der Waals surface area contributed by atoms with Crippen molar-refractivity contribution in [2.45, 2.75) is 20.8 Å². The summed E-state index contributed by atoms with van der Waals surface area (Å²) >= 11 is 0. The van der Waals surface area contributed by atoms with Crippen molar-refractivity contribution in [1.82, 2.24) is 0 Å². The molecule has 3 N–H and O–H groups in total. The van der Waals surface area contributed by atoms with E-state index < -0.39 is 5.41 Å². The van der Waals surface area contributed by atoms with Gasteiger partial charge in [-0.2, -0.15) is 0 Å². The van der Waals surface area contributed by atoms with E-state index in [-0.39, 0.29) is 5.91 Å². The summed E-state index contributed by atoms with van der Waals surface area (Å²) in [7, 11) is 3.97. The molecular weight excluding hydrogens is 226 g/mol. The van der Waals surface area contributed by atoms with Gasteiger partial charge in [0.15, 0.2) is 0 Å². The van der Waals surface area contributed by atoms with Crippen LogP contribution in [0.2, 0.25) is 0 Å². The Hall–Kier alpha value is -1.55. The molecule has 0 spiro atoms. The normalized spacial score (nSPS) is 11.2. The number of hydrogen-bond acceptors (Lipinski definition) is 3. The topological polar surface area (TPSA) is 58.4 Å². The Morgan fingerprint density at radius 1 is 1.39 bits per heavy atom. The standard InChI is InChI=1S/C14H23N3O/c1-10-6-7-11(8-12(10)17(4)5)16-13(18)14(2,3)9-15/h6-8H,9,15H2,1-5H3,(H,16,18). The van der Waals surface area contributed by atoms with Crippen LogP contribution in [0.5, 0.6) is 0 Å². The second-order valence-corrected chi connectivity index (χ2v) is 5.44. The van der Waals surface area contributed by atoms with Gasteiger partial charge in [-0.1, -0.05) is 6.07 Å². The van der Waals surface area contributed by atoms with Crippen LogP contribution in [0.25, 0.3) is 0 Å². The lowest BCUT2D eigenvalue weighted by Crippen LogP contribution is -2.37. The van der Waals surface area contributed by atoms with E-state index in [2.05, 4.69) is 5.32 Å². The molecule has 0 aromatic heterocycles. The highest BCUT2D eigenvalue weighted by atomic mass is 16.2. The molecule has 0 aliphatic rings. The van der Waals surface area contributed by atoms with Gasteiger partial charge in [0, 0.05) is 32.0 Å². The quantitative estimate of drug-likeness (QED) is 0.858. The first-order valence-electron chi connectivity index (χ1n) is 6.07. The van der Waals surface area contributed by atoms with Crippen molar-refractivity contribution in [1.29, 1.82) is 0 Å². The molecule has 0 radical (unpaired) electrons. The third kappa shape index (κ3) is 3.23. The molecule has 100 valence electrons. The van der Waals surface area contributed by atoms with Crippen LogP contribution < -0.4 is 16.0 Å². The summed E-state index contributed by atoms with van der Waals surface area (Å²) in [5.74, 6) is -0.0569. The minimum absolute atomic E-state index is 0.0569. The molecule has 0 aliphatic carbocycles. The molecule has 0 unspecified atom stereocenters. The third-order valence-electron chi connectivity index (χ3n) is 3.07. The van der Waals surface area contributed by atoms with Gasteiger partial charge in [0.1, 0.15) is 0 Å². The fourth-order valence-electron chi connectivity index (χ4n) is 1.56. The van der Waals surface area contributed by atoms with Crippen LogP contribution in [-0.2, 0) is 4.79 Å². The molecule has 0 saturated carbocycles. The fourth-order valence-corrected chi connectivity index (χ4v) is 1.56. The second kappa shape index (κ2) is 5.40. The van der Waals surface area contributed by atoms with E-state index in [1.165, 1.54) is 5.56 Å². The number of aryl methyl sites for hydroxylation is 1. The van der Waals surface area contributed by atoms with E-state index in [0.29, 0.717) is 6.54 Å². The molecule has 1 aromatic rings. The number of nitrogens with one attached hydrogen (secondary N) is 1. The molecule has 4 heteroatoms. The zero-order valence-electron chi connectivity index (χ0n) is 11.9. The molecule has 0 bridgehead atoms. The minimum atomic E-state index is -0.552. The van der Waals surface area contributed by atoms with Crippen LogP contribution in [0.4, 0.5) is 11.4 Å². The van der Waals surface area contributed by atoms with Gasteiger partial charge in [-0.05, 0) is 38.5 Å². The molecule has 4 nitrogen and oxygen atoms in total. The van der Waals surface area contributed by atoms with Crippen LogP contribution >= 0.6 is 0 Å². The number of rotatable bonds is 4. The van der Waals surface area contributed by atoms with Gasteiger partial charge in [-0.15, -0.1) is 0 Å². The predicted molar refractivity (Wildman–Crippen MR) is 77.0 cm³/mol. The Kier molecular flexibility index (Phi) is 4.35. The predicted octanol–water partition coefficient (Wildman–Crippen LogP) is 1.98. The lowest BCUT2D eigenvalue weighted by molar-refractivity contribution is -0.123. The first kappa shape index (κ1) is 14.5. The van der Waals surface area contributed by atoms with Gasteiger partial charge in [0.05, 0.1) is 5.41 Å². The molecule has 1 rings (SSSR count). The average Bonchev–Trinajstić information content (AvgIpc) is 2.31. The van der Waals surface area contributed by atoms with Crippen molar-refractivity contribution < 1.29 is 4.79 Å². The maximum Gasteiger partial charge on any atom is 0.231 e. The lowest BCUT2D eigenvalue weighted by atomic mass is 9.92. The SMILES string of the molecule is Cc1ccc(NC(=O)C(C)(C)CN)cc1N(C)C. The highest BCUT2D eigenvalue weighted by molar-refractivity contribution is 5.95. The van der Waals surface area contributed by atoms with E-state index >= 15 is 0 Å². The number of hydrogen-bond donors (Lipinski definition) is 2. The first-order chi connectivity index (χ1) is 8.27. The summed E-state index contributed by atoms with van der Waals surface area (Å²) in [6, 6.07) is 5.88. The maximum absolute atomic E-state index is 12.0. The average molecular weight is 249 g/mol. The summed E-state index contributed by atoms with van der Waals surface area (Å²) in [6.07, 6.45) is 0. The Morgan fingerprint density at radius 2 is 2.00 bits per heavy atom. The summed E-state index contributed by atoms with van der Waals surface area (Å²) in [5, 5.41) is 2.91. The monoisotopic (exact) mass is 249 g/mol. The van der Waals surface area contributed by atoms with E-state index in [4.69, 9.17) is 5.73 Å². The number of carbonyl (C=O) groups excluding carboxylic acids is 1. The van der Waals surface area contributed by atoms with Crippen molar-refractivity contribution in [3.8, 4) is 0 Å². The van der Waals surface area contributed by atoms with Crippen LogP contribution in [0.15, 0.2) is 18.2 Å². The van der Waals surface area contributed by atoms with E-state index in [0.717, 1.165) is 11.4 Å². The molecule has 0 atom stereocenters. The zero-order valence-corrected chi connectivity index (χ0v) is 11.9. The maximum atomic E-state index is 12.0. The molecule has 1 amide bonds. The molecular formula is C14H23N3O. The van der Waals surface area contributed by atoms with Gasteiger partial charge in [0.2, 0.25) is 5.91 Å². The minimum Gasteiger partial charge on any atom is -0.377 e. The van der Waals surface area contributed by atoms with Gasteiger partial charge in [-0.3, -0.25) is 4.79 Å². The summed E-state index contributed by atoms with van der Waals surface area (Å²) in [5.41, 5.74) is 8.12. The number of anilines is 2. The van der Waals surface area contributed by atoms with Crippen molar-refractivity contribution in [3.63, 3.8) is 0 Å². The molecule has 0 aliphatic heterocycles. The first-order valence-corrected chi connectivity index (χ1v) is 6.07. The van der Waals surface area contributed by atoms with Crippen LogP contribution in [0.3, 0.4) is 0 Å². The van der Waals surface area contributed by atoms with Gasteiger partial charge >= 0.3 is 0 Å². The molecule has 1 aromatic carbocycles. The fraction of sp³-hybridized carbons (Fsp3) is 0.500. The molecule has 0 heterocycles. The smallest absolute Gasteiger partial charge is 0.231 e. The zero-order chi connectivity index (χ0) is 13.9. The van der Waals surface area contributed by atoms with Crippen molar-refractivity contribution in [2.24, 2.45) is 11.1 Å². The summed E-state index contributed by atoms with van der Waals surface area (Å²) < 4.78 is 0. The number of benzene rings is 1. The van der Waals surface area contributed by atoms with Crippen LogP contribution in [0, 0.1) is 12.3 Å². The van der Waals surface area contributed by atoms with Crippen LogP contribution in [0.1, 0.15) is 19.4 Å². The van der Waals surface area contributed by atoms with Gasteiger partial charge in [0.25, 0.3) is 0 Å². The van der Waals surface area contributed by atoms with E-state index in [9.17, 15) is 4.79 Å². The highest BCUT2D eigenvalue weighted by Crippen LogP contribution is 2.24. The lowest BCUT2D eigenvalue weighted by Gasteiger charge is -2.22. The number of carbonyl (C=O) groups is 1. The molecule has 0 fully saturated rings.